The van der Waals surface area contributed by atoms with E-state index in [2.05, 4.69) is 4.99 Å². The average molecular weight is 509 g/mol. The fourth-order valence-electron chi connectivity index (χ4n) is 2.86. The number of halogens is 3. The molecule has 0 fully saturated rings. The number of sulfone groups is 1. The zero-order valence-electron chi connectivity index (χ0n) is 17.7. The Morgan fingerprint density at radius 1 is 1.12 bits per heavy atom. The van der Waals surface area contributed by atoms with Crippen LogP contribution in [0.3, 0.4) is 0 Å². The summed E-state index contributed by atoms with van der Waals surface area (Å²) in [4.78, 5) is 16.4. The van der Waals surface area contributed by atoms with Gasteiger partial charge < -0.3 is 10.8 Å². The minimum atomic E-state index is -4.74. The minimum Gasteiger partial charge on any atom is -0.478 e. The lowest BCUT2D eigenvalue weighted by Crippen LogP contribution is -2.20. The fraction of sp³-hybridized carbons (Fsp3) is 0.130. The van der Waals surface area contributed by atoms with Crippen molar-refractivity contribution < 1.29 is 31.5 Å². The molecule has 1 aromatic heterocycles. The third-order valence-corrected chi connectivity index (χ3v) is 6.92. The Kier molecular flexibility index (Phi) is 7.27. The van der Waals surface area contributed by atoms with E-state index in [9.17, 15) is 26.4 Å². The molecule has 178 valence electrons. The number of alkyl halides is 3. The zero-order chi connectivity index (χ0) is 25.1. The van der Waals surface area contributed by atoms with Gasteiger partial charge in [-0.2, -0.15) is 13.2 Å². The lowest BCUT2D eigenvalue weighted by Gasteiger charge is -2.07. The van der Waals surface area contributed by atoms with Gasteiger partial charge in [0, 0.05) is 11.1 Å². The van der Waals surface area contributed by atoms with Gasteiger partial charge in [0.25, 0.3) is 0 Å². The van der Waals surface area contributed by atoms with Gasteiger partial charge in [-0.3, -0.25) is 4.99 Å². The first kappa shape index (κ1) is 25.2. The fourth-order valence-corrected chi connectivity index (χ4v) is 4.51. The molecular formula is C23H19F3N2O4S2. The number of carboxylic acid groups (broad SMARTS) is 1. The van der Waals surface area contributed by atoms with E-state index < -0.39 is 27.7 Å². The summed E-state index contributed by atoms with van der Waals surface area (Å²) < 4.78 is 62.9. The molecule has 0 unspecified atom stereocenters. The minimum absolute atomic E-state index is 0.00628. The van der Waals surface area contributed by atoms with E-state index in [0.717, 1.165) is 23.7 Å². The van der Waals surface area contributed by atoms with Crippen LogP contribution in [0.4, 0.5) is 13.2 Å². The van der Waals surface area contributed by atoms with Gasteiger partial charge >= 0.3 is 12.1 Å². The molecule has 1 heterocycles. The molecule has 3 rings (SSSR count). The Labute approximate surface area is 197 Å². The number of carbonyl (C=O) groups is 1. The van der Waals surface area contributed by atoms with Crippen LogP contribution in [0.1, 0.15) is 20.8 Å². The number of aromatic carboxylic acids is 1. The van der Waals surface area contributed by atoms with Crippen molar-refractivity contribution in [1.82, 2.24) is 0 Å². The summed E-state index contributed by atoms with van der Waals surface area (Å²) in [5.41, 5.74) is 5.17. The molecule has 0 amide bonds. The van der Waals surface area contributed by atoms with Crippen LogP contribution in [0.2, 0.25) is 0 Å². The monoisotopic (exact) mass is 508 g/mol. The van der Waals surface area contributed by atoms with Gasteiger partial charge in [0.05, 0.1) is 27.6 Å². The third kappa shape index (κ3) is 6.33. The molecule has 6 nitrogen and oxygen atoms in total. The van der Waals surface area contributed by atoms with Crippen LogP contribution in [0.25, 0.3) is 10.4 Å². The number of benzene rings is 2. The Bertz CT molecular complexity index is 1370. The first-order valence-electron chi connectivity index (χ1n) is 9.66. The number of aliphatic imine (C=N–C) groups is 1. The molecule has 0 saturated heterocycles. The second kappa shape index (κ2) is 9.82. The predicted molar refractivity (Wildman–Crippen MR) is 125 cm³/mol. The number of thiophene rings is 1. The topological polar surface area (TPSA) is 110 Å². The molecule has 0 aliphatic carbocycles. The molecule has 0 radical (unpaired) electrons. The molecule has 3 N–H and O–H groups in total. The van der Waals surface area contributed by atoms with Crippen molar-refractivity contribution in [2.45, 2.75) is 17.6 Å². The van der Waals surface area contributed by atoms with Crippen molar-refractivity contribution in [2.75, 3.05) is 6.26 Å². The Morgan fingerprint density at radius 3 is 2.38 bits per heavy atom. The quantitative estimate of drug-likeness (QED) is 0.441. The number of hydrogen-bond donors (Lipinski definition) is 2. The van der Waals surface area contributed by atoms with E-state index in [1.54, 1.807) is 24.3 Å². The van der Waals surface area contributed by atoms with E-state index in [4.69, 9.17) is 10.8 Å². The predicted octanol–water partition coefficient (Wildman–Crippen LogP) is 4.91. The molecule has 0 aliphatic rings. The van der Waals surface area contributed by atoms with Crippen LogP contribution in [0, 0.1) is 0 Å². The number of rotatable bonds is 7. The van der Waals surface area contributed by atoms with Gasteiger partial charge in [0.1, 0.15) is 5.70 Å². The van der Waals surface area contributed by atoms with Crippen molar-refractivity contribution >= 4 is 32.9 Å². The Hall–Kier alpha value is -3.44. The molecule has 0 aliphatic heterocycles. The standard InChI is InChI=1S/C23H19F3N2O4S2/c1-34(31,32)17-4-2-3-16(11-17)19-9-10-20(33-19)18(12-21(27)23(24,25)26)28-13-14-5-7-15(8-6-14)22(29)30/h2-12H,13,27H2,1H3,(H,29,30)/b21-12-,28-18?. The number of allylic oxidation sites excluding steroid dienone is 2. The summed E-state index contributed by atoms with van der Waals surface area (Å²) in [6.45, 7) is -0.00628. The van der Waals surface area contributed by atoms with Crippen LogP contribution in [0.5, 0.6) is 0 Å². The molecule has 0 spiro atoms. The van der Waals surface area contributed by atoms with Gasteiger partial charge in [0.15, 0.2) is 9.84 Å². The van der Waals surface area contributed by atoms with Gasteiger partial charge in [-0.1, -0.05) is 24.3 Å². The van der Waals surface area contributed by atoms with Crippen molar-refractivity contribution in [3.63, 3.8) is 0 Å². The largest absolute Gasteiger partial charge is 0.478 e. The summed E-state index contributed by atoms with van der Waals surface area (Å²) in [5.74, 6) is -1.09. The van der Waals surface area contributed by atoms with Gasteiger partial charge in [-0.15, -0.1) is 11.3 Å². The lowest BCUT2D eigenvalue weighted by atomic mass is 10.1. The normalized spacial score (nSPS) is 13.2. The van der Waals surface area contributed by atoms with Crippen LogP contribution >= 0.6 is 11.3 Å². The van der Waals surface area contributed by atoms with Crippen LogP contribution in [0.15, 0.2) is 82.3 Å². The van der Waals surface area contributed by atoms with Crippen molar-refractivity contribution in [3.8, 4) is 10.4 Å². The highest BCUT2D eigenvalue weighted by molar-refractivity contribution is 7.90. The van der Waals surface area contributed by atoms with Gasteiger partial charge in [0.2, 0.25) is 0 Å². The van der Waals surface area contributed by atoms with Crippen LogP contribution in [-0.2, 0) is 16.4 Å². The summed E-state index contributed by atoms with van der Waals surface area (Å²) >= 11 is 1.14. The molecule has 11 heteroatoms. The smallest absolute Gasteiger partial charge is 0.430 e. The summed E-state index contributed by atoms with van der Waals surface area (Å²) in [5, 5.41) is 8.99. The first-order valence-corrected chi connectivity index (χ1v) is 12.4. The molecule has 3 aromatic rings. The molecule has 34 heavy (non-hydrogen) atoms. The van der Waals surface area contributed by atoms with E-state index in [0.29, 0.717) is 20.9 Å². The molecule has 0 bridgehead atoms. The van der Waals surface area contributed by atoms with Crippen molar-refractivity contribution in [1.29, 1.82) is 0 Å². The first-order chi connectivity index (χ1) is 15.8. The van der Waals surface area contributed by atoms with Crippen molar-refractivity contribution in [3.05, 3.63) is 88.4 Å². The van der Waals surface area contributed by atoms with E-state index in [1.807, 2.05) is 0 Å². The van der Waals surface area contributed by atoms with E-state index in [-0.39, 0.29) is 22.7 Å². The summed E-state index contributed by atoms with van der Waals surface area (Å²) in [6.07, 6.45) is -2.91. The van der Waals surface area contributed by atoms with Crippen LogP contribution < -0.4 is 5.73 Å². The van der Waals surface area contributed by atoms with Gasteiger partial charge in [-0.25, -0.2) is 13.2 Å². The maximum atomic E-state index is 13.1. The highest BCUT2D eigenvalue weighted by Gasteiger charge is 2.32. The number of hydrogen-bond acceptors (Lipinski definition) is 6. The third-order valence-electron chi connectivity index (χ3n) is 4.66. The maximum absolute atomic E-state index is 13.1. The second-order valence-corrected chi connectivity index (χ2v) is 10.4. The second-order valence-electron chi connectivity index (χ2n) is 7.26. The van der Waals surface area contributed by atoms with Crippen LogP contribution in [-0.4, -0.2) is 37.6 Å². The summed E-state index contributed by atoms with van der Waals surface area (Å²) in [6, 6.07) is 15.3. The lowest BCUT2D eigenvalue weighted by molar-refractivity contribution is -0.0925. The highest BCUT2D eigenvalue weighted by atomic mass is 32.2. The zero-order valence-corrected chi connectivity index (χ0v) is 19.3. The molecule has 0 saturated carbocycles. The number of nitrogens with zero attached hydrogens (tertiary/aromatic N) is 1. The summed E-state index contributed by atoms with van der Waals surface area (Å²) in [7, 11) is -3.43. The SMILES string of the molecule is CS(=O)(=O)c1cccc(-c2ccc(C(/C=C(\N)C(F)(F)F)=NCc3ccc(C(=O)O)cc3)s2)c1. The van der Waals surface area contributed by atoms with Gasteiger partial charge in [-0.05, 0) is 53.6 Å². The Balaban J connectivity index is 1.98. The molecule has 2 aromatic carbocycles. The van der Waals surface area contributed by atoms with Crippen molar-refractivity contribution in [2.24, 2.45) is 10.7 Å². The Morgan fingerprint density at radius 2 is 1.79 bits per heavy atom. The number of nitrogens with two attached hydrogens (primary N) is 1. The maximum Gasteiger partial charge on any atom is 0.430 e. The van der Waals surface area contributed by atoms with E-state index in [1.165, 1.54) is 36.4 Å². The molecule has 0 atom stereocenters. The number of carboxylic acids is 1. The molecular weight excluding hydrogens is 489 g/mol. The van der Waals surface area contributed by atoms with E-state index >= 15 is 0 Å². The highest BCUT2D eigenvalue weighted by Crippen LogP contribution is 2.31. The average Bonchev–Trinajstić information content (AvgIpc) is 3.26.